The van der Waals surface area contributed by atoms with Crippen molar-refractivity contribution in [1.82, 2.24) is 20.1 Å². The molecule has 2 rings (SSSR count). The maximum Gasteiger partial charge on any atom is 0.233 e. The third-order valence-corrected chi connectivity index (χ3v) is 4.35. The van der Waals surface area contributed by atoms with E-state index in [0.717, 1.165) is 12.2 Å². The number of aryl methyl sites for hydroxylation is 1. The lowest BCUT2D eigenvalue weighted by Gasteiger charge is -2.39. The molecular weight excluding hydrogens is 280 g/mol. The van der Waals surface area contributed by atoms with Gasteiger partial charge in [-0.3, -0.25) is 9.89 Å². The molecule has 0 spiro atoms. The summed E-state index contributed by atoms with van der Waals surface area (Å²) in [6.45, 7) is 4.19. The van der Waals surface area contributed by atoms with Crippen LogP contribution in [0, 0.1) is 0 Å². The Bertz CT molecular complexity index is 477. The minimum atomic E-state index is -1.11. The molecule has 2 heterocycles. The number of carbonyl (C=O) groups is 1. The van der Waals surface area contributed by atoms with Crippen molar-refractivity contribution in [3.8, 4) is 0 Å². The average molecular weight is 300 g/mol. The molecule has 0 radical (unpaired) electrons. The molecule has 1 fully saturated rings. The minimum Gasteiger partial charge on any atom is -0.388 e. The maximum absolute atomic E-state index is 12.1. The van der Waals surface area contributed by atoms with Crippen molar-refractivity contribution < 1.29 is 15.0 Å². The van der Waals surface area contributed by atoms with Gasteiger partial charge in [-0.1, -0.05) is 18.7 Å². The van der Waals surface area contributed by atoms with Crippen LogP contribution in [0.2, 0.25) is 0 Å². The topological polar surface area (TPSA) is 102 Å². The first kappa shape index (κ1) is 15.3. The van der Waals surface area contributed by atoms with Gasteiger partial charge in [0.1, 0.15) is 5.82 Å². The third-order valence-electron chi connectivity index (χ3n) is 3.52. The molecule has 0 unspecified atom stereocenters. The molecule has 2 atom stereocenters. The van der Waals surface area contributed by atoms with Crippen LogP contribution in [0.15, 0.2) is 5.16 Å². The van der Waals surface area contributed by atoms with E-state index in [2.05, 4.69) is 15.2 Å². The van der Waals surface area contributed by atoms with E-state index in [4.69, 9.17) is 0 Å². The number of hydrogen-bond donors (Lipinski definition) is 3. The summed E-state index contributed by atoms with van der Waals surface area (Å²) < 4.78 is 0. The van der Waals surface area contributed by atoms with Crippen LogP contribution in [0.4, 0.5) is 0 Å². The van der Waals surface area contributed by atoms with Gasteiger partial charge in [-0.15, -0.1) is 5.10 Å². The van der Waals surface area contributed by atoms with Gasteiger partial charge < -0.3 is 15.1 Å². The number of thioether (sulfide) groups is 1. The highest BCUT2D eigenvalue weighted by Crippen LogP contribution is 2.23. The fourth-order valence-corrected chi connectivity index (χ4v) is 2.69. The number of nitrogens with zero attached hydrogens (tertiary/aromatic N) is 3. The first-order valence-corrected chi connectivity index (χ1v) is 7.63. The molecule has 1 aromatic heterocycles. The summed E-state index contributed by atoms with van der Waals surface area (Å²) in [7, 11) is 0. The van der Waals surface area contributed by atoms with E-state index < -0.39 is 11.7 Å². The van der Waals surface area contributed by atoms with Gasteiger partial charge >= 0.3 is 0 Å². The number of β-amino-alcohol motifs (C(OH)–C–C–N with tert-alkyl or cyclic N) is 1. The zero-order chi connectivity index (χ0) is 14.8. The highest BCUT2D eigenvalue weighted by Gasteiger charge is 2.37. The van der Waals surface area contributed by atoms with Crippen molar-refractivity contribution in [1.29, 1.82) is 0 Å². The van der Waals surface area contributed by atoms with E-state index in [-0.39, 0.29) is 18.2 Å². The number of aliphatic hydroxyl groups excluding tert-OH is 1. The molecule has 0 aromatic carbocycles. The van der Waals surface area contributed by atoms with Crippen molar-refractivity contribution in [2.24, 2.45) is 0 Å². The first-order chi connectivity index (χ1) is 9.42. The summed E-state index contributed by atoms with van der Waals surface area (Å²) in [5, 5.41) is 27.0. The second-order valence-corrected chi connectivity index (χ2v) is 6.11. The number of rotatable bonds is 4. The lowest BCUT2D eigenvalue weighted by Crippen LogP contribution is -2.55. The molecule has 1 aliphatic rings. The quantitative estimate of drug-likeness (QED) is 0.666. The summed E-state index contributed by atoms with van der Waals surface area (Å²) in [5.74, 6) is 0.951. The van der Waals surface area contributed by atoms with Crippen molar-refractivity contribution in [2.45, 2.75) is 43.6 Å². The summed E-state index contributed by atoms with van der Waals surface area (Å²) in [5.41, 5.74) is -1.11. The summed E-state index contributed by atoms with van der Waals surface area (Å²) in [4.78, 5) is 17.8. The summed E-state index contributed by atoms with van der Waals surface area (Å²) >= 11 is 1.27. The zero-order valence-electron chi connectivity index (χ0n) is 11.7. The van der Waals surface area contributed by atoms with Crippen molar-refractivity contribution >= 4 is 17.7 Å². The van der Waals surface area contributed by atoms with E-state index in [0.29, 0.717) is 18.1 Å². The standard InChI is InChI=1S/C12H20N4O3S/c1-3-9-13-11(15-14-9)20-7-10(18)16-5-4-12(2,19)8(17)6-16/h8,17,19H,3-7H2,1-2H3,(H,13,14,15)/t8-,12+/m0/s1. The Morgan fingerprint density at radius 2 is 2.40 bits per heavy atom. The second kappa shape index (κ2) is 6.11. The fourth-order valence-electron chi connectivity index (χ4n) is 1.97. The van der Waals surface area contributed by atoms with E-state index in [1.54, 1.807) is 11.8 Å². The zero-order valence-corrected chi connectivity index (χ0v) is 12.5. The molecule has 7 nitrogen and oxygen atoms in total. The Balaban J connectivity index is 1.83. The molecule has 3 N–H and O–H groups in total. The average Bonchev–Trinajstić information content (AvgIpc) is 2.87. The van der Waals surface area contributed by atoms with E-state index >= 15 is 0 Å². The predicted molar refractivity (Wildman–Crippen MR) is 74.3 cm³/mol. The number of likely N-dealkylation sites (tertiary alicyclic amines) is 1. The largest absolute Gasteiger partial charge is 0.388 e. The van der Waals surface area contributed by atoms with Gasteiger partial charge in [0.2, 0.25) is 11.1 Å². The van der Waals surface area contributed by atoms with Gasteiger partial charge in [-0.05, 0) is 13.3 Å². The van der Waals surface area contributed by atoms with Crippen molar-refractivity contribution in [2.75, 3.05) is 18.8 Å². The number of H-pyrrole nitrogens is 1. The third kappa shape index (κ3) is 3.50. The van der Waals surface area contributed by atoms with Gasteiger partial charge in [-0.25, -0.2) is 4.98 Å². The molecule has 1 aliphatic heterocycles. The number of aromatic amines is 1. The molecule has 0 aliphatic carbocycles. The Morgan fingerprint density at radius 3 is 3.00 bits per heavy atom. The first-order valence-electron chi connectivity index (χ1n) is 6.64. The van der Waals surface area contributed by atoms with Crippen LogP contribution >= 0.6 is 11.8 Å². The number of piperidine rings is 1. The Labute approximate surface area is 121 Å². The van der Waals surface area contributed by atoms with Gasteiger partial charge in [0.05, 0.1) is 17.5 Å². The van der Waals surface area contributed by atoms with Crippen molar-refractivity contribution in [3.63, 3.8) is 0 Å². The normalized spacial score (nSPS) is 26.8. The van der Waals surface area contributed by atoms with Crippen LogP contribution in [-0.2, 0) is 11.2 Å². The number of nitrogens with one attached hydrogen (secondary N) is 1. The second-order valence-electron chi connectivity index (χ2n) is 5.17. The lowest BCUT2D eigenvalue weighted by atomic mass is 9.91. The molecule has 0 bridgehead atoms. The van der Waals surface area contributed by atoms with Crippen molar-refractivity contribution in [3.05, 3.63) is 5.82 Å². The highest BCUT2D eigenvalue weighted by atomic mass is 32.2. The number of carbonyl (C=O) groups excluding carboxylic acids is 1. The number of aromatic nitrogens is 3. The smallest absolute Gasteiger partial charge is 0.233 e. The van der Waals surface area contributed by atoms with Crippen LogP contribution < -0.4 is 0 Å². The SMILES string of the molecule is CCc1nc(SCC(=O)N2CC[C@@](C)(O)[C@@H](O)C2)n[nH]1. The highest BCUT2D eigenvalue weighted by molar-refractivity contribution is 7.99. The van der Waals surface area contributed by atoms with Gasteiger partial charge in [0, 0.05) is 19.5 Å². The number of aliphatic hydroxyl groups is 2. The van der Waals surface area contributed by atoms with Gasteiger partial charge in [0.25, 0.3) is 0 Å². The molecule has 20 heavy (non-hydrogen) atoms. The fraction of sp³-hybridized carbons (Fsp3) is 0.750. The van der Waals surface area contributed by atoms with Crippen LogP contribution in [0.5, 0.6) is 0 Å². The van der Waals surface area contributed by atoms with Gasteiger partial charge in [-0.2, -0.15) is 0 Å². The monoisotopic (exact) mass is 300 g/mol. The van der Waals surface area contributed by atoms with E-state index in [1.165, 1.54) is 11.8 Å². The number of hydrogen-bond acceptors (Lipinski definition) is 6. The Morgan fingerprint density at radius 1 is 1.65 bits per heavy atom. The van der Waals surface area contributed by atoms with E-state index in [1.807, 2.05) is 6.92 Å². The molecule has 1 amide bonds. The summed E-state index contributed by atoms with van der Waals surface area (Å²) in [6, 6.07) is 0. The predicted octanol–water partition coefficient (Wildman–Crippen LogP) is -0.197. The van der Waals surface area contributed by atoms with Gasteiger partial charge in [0.15, 0.2) is 0 Å². The molecule has 112 valence electrons. The molecule has 8 heteroatoms. The maximum atomic E-state index is 12.1. The summed E-state index contributed by atoms with van der Waals surface area (Å²) in [6.07, 6.45) is 0.250. The molecular formula is C12H20N4O3S. The van der Waals surface area contributed by atoms with Crippen LogP contribution in [-0.4, -0.2) is 66.7 Å². The molecule has 0 saturated carbocycles. The Hall–Kier alpha value is -1.12. The lowest BCUT2D eigenvalue weighted by molar-refractivity contribution is -0.143. The molecule has 1 aromatic rings. The molecule has 1 saturated heterocycles. The van der Waals surface area contributed by atoms with Crippen LogP contribution in [0.1, 0.15) is 26.1 Å². The van der Waals surface area contributed by atoms with Crippen LogP contribution in [0.3, 0.4) is 0 Å². The number of amides is 1. The van der Waals surface area contributed by atoms with E-state index in [9.17, 15) is 15.0 Å². The van der Waals surface area contributed by atoms with Crippen LogP contribution in [0.25, 0.3) is 0 Å². The Kier molecular flexibility index (Phi) is 4.66. The minimum absolute atomic E-state index is 0.0765.